The van der Waals surface area contributed by atoms with Crippen LogP contribution in [0.3, 0.4) is 0 Å². The Hall–Kier alpha value is -0.0400. The average molecular weight is 224 g/mol. The van der Waals surface area contributed by atoms with E-state index in [0.717, 1.165) is 12.3 Å². The maximum Gasteiger partial charge on any atom is 0.0754 e. The van der Waals surface area contributed by atoms with Crippen molar-refractivity contribution in [1.29, 1.82) is 0 Å². The number of unbranched alkanes of at least 4 members (excludes halogenated alkanes) is 1. The second-order valence-electron chi connectivity index (χ2n) is 7.02. The normalized spacial score (nSPS) is 45.9. The van der Waals surface area contributed by atoms with Crippen molar-refractivity contribution >= 4 is 0 Å². The van der Waals surface area contributed by atoms with Crippen molar-refractivity contribution in [2.75, 3.05) is 0 Å². The summed E-state index contributed by atoms with van der Waals surface area (Å²) in [6, 6.07) is 0. The van der Waals surface area contributed by atoms with Crippen molar-refractivity contribution in [3.05, 3.63) is 0 Å². The van der Waals surface area contributed by atoms with Gasteiger partial charge >= 0.3 is 0 Å². The summed E-state index contributed by atoms with van der Waals surface area (Å²) in [6.07, 6.45) is 8.50. The van der Waals surface area contributed by atoms with E-state index in [9.17, 15) is 5.11 Å². The van der Waals surface area contributed by atoms with E-state index in [1.807, 2.05) is 0 Å². The molecule has 1 heteroatoms. The molecule has 0 saturated heterocycles. The fraction of sp³-hybridized carbons (Fsp3) is 1.00. The van der Waals surface area contributed by atoms with Gasteiger partial charge in [0.05, 0.1) is 5.60 Å². The molecular weight excluding hydrogens is 196 g/mol. The molecule has 2 bridgehead atoms. The molecule has 3 aliphatic rings. The minimum atomic E-state index is -0.419. The largest absolute Gasteiger partial charge is 0.389 e. The highest BCUT2D eigenvalue weighted by Crippen LogP contribution is 2.65. The minimum Gasteiger partial charge on any atom is -0.389 e. The Bertz CT molecular complexity index is 254. The van der Waals surface area contributed by atoms with Crippen molar-refractivity contribution < 1.29 is 5.11 Å². The second kappa shape index (κ2) is 3.73. The van der Waals surface area contributed by atoms with E-state index in [-0.39, 0.29) is 10.8 Å². The van der Waals surface area contributed by atoms with E-state index < -0.39 is 5.60 Å². The molecule has 0 aliphatic heterocycles. The number of aliphatic hydroxyl groups is 1. The summed E-state index contributed by atoms with van der Waals surface area (Å²) >= 11 is 0. The standard InChI is InChI=1S/C15H28O/c1-5-6-9-15(16)13(2,3)12-7-10-14(15,4)11-8-12/h12,16H,5-11H2,1-4H3/t12?,14?,15-/m0/s1. The quantitative estimate of drug-likeness (QED) is 0.763. The lowest BCUT2D eigenvalue weighted by Gasteiger charge is -2.65. The first-order chi connectivity index (χ1) is 7.37. The molecule has 1 nitrogen and oxygen atoms in total. The molecule has 3 aliphatic carbocycles. The molecule has 0 amide bonds. The third-order valence-electron chi connectivity index (χ3n) is 6.07. The third-order valence-corrected chi connectivity index (χ3v) is 6.07. The van der Waals surface area contributed by atoms with E-state index >= 15 is 0 Å². The molecular formula is C15H28O. The molecule has 0 unspecified atom stereocenters. The predicted octanol–water partition coefficient (Wildman–Crippen LogP) is 4.14. The van der Waals surface area contributed by atoms with E-state index in [1.54, 1.807) is 0 Å². The van der Waals surface area contributed by atoms with Crippen LogP contribution in [0.1, 0.15) is 72.6 Å². The summed E-state index contributed by atoms with van der Waals surface area (Å²) in [5, 5.41) is 11.3. The summed E-state index contributed by atoms with van der Waals surface area (Å²) in [5.74, 6) is 0.746. The van der Waals surface area contributed by atoms with Crippen LogP contribution in [0.25, 0.3) is 0 Å². The maximum atomic E-state index is 11.3. The van der Waals surface area contributed by atoms with Crippen LogP contribution in [0.5, 0.6) is 0 Å². The Morgan fingerprint density at radius 1 is 1.12 bits per heavy atom. The first kappa shape index (κ1) is 12.4. The molecule has 94 valence electrons. The molecule has 0 spiro atoms. The number of hydrogen-bond donors (Lipinski definition) is 1. The van der Waals surface area contributed by atoms with Crippen LogP contribution < -0.4 is 0 Å². The highest BCUT2D eigenvalue weighted by molar-refractivity contribution is 5.13. The summed E-state index contributed by atoms with van der Waals surface area (Å²) in [4.78, 5) is 0. The smallest absolute Gasteiger partial charge is 0.0754 e. The van der Waals surface area contributed by atoms with Crippen LogP contribution in [0.15, 0.2) is 0 Å². The zero-order chi connectivity index (χ0) is 12.0. The van der Waals surface area contributed by atoms with Gasteiger partial charge in [-0.2, -0.15) is 0 Å². The molecule has 0 radical (unpaired) electrons. The first-order valence-electron chi connectivity index (χ1n) is 7.10. The van der Waals surface area contributed by atoms with Crippen molar-refractivity contribution in [3.8, 4) is 0 Å². The highest BCUT2D eigenvalue weighted by atomic mass is 16.3. The lowest BCUT2D eigenvalue weighted by Crippen LogP contribution is -2.65. The monoisotopic (exact) mass is 224 g/mol. The lowest BCUT2D eigenvalue weighted by molar-refractivity contribution is -0.242. The van der Waals surface area contributed by atoms with Gasteiger partial charge in [0.25, 0.3) is 0 Å². The Balaban J connectivity index is 2.32. The summed E-state index contributed by atoms with van der Waals surface area (Å²) in [5.41, 5.74) is -0.120. The van der Waals surface area contributed by atoms with Crippen LogP contribution in [0.2, 0.25) is 0 Å². The third kappa shape index (κ3) is 1.40. The van der Waals surface area contributed by atoms with Gasteiger partial charge in [-0.25, -0.2) is 0 Å². The zero-order valence-corrected chi connectivity index (χ0v) is 11.5. The van der Waals surface area contributed by atoms with E-state index in [4.69, 9.17) is 0 Å². The maximum absolute atomic E-state index is 11.3. The van der Waals surface area contributed by atoms with Crippen molar-refractivity contribution in [2.24, 2.45) is 16.7 Å². The summed E-state index contributed by atoms with van der Waals surface area (Å²) in [6.45, 7) is 9.17. The van der Waals surface area contributed by atoms with Crippen LogP contribution in [0.4, 0.5) is 0 Å². The molecule has 0 aromatic heterocycles. The van der Waals surface area contributed by atoms with Gasteiger partial charge in [0.15, 0.2) is 0 Å². The Morgan fingerprint density at radius 2 is 1.69 bits per heavy atom. The van der Waals surface area contributed by atoms with Gasteiger partial charge in [0.1, 0.15) is 0 Å². The molecule has 0 aromatic carbocycles. The fourth-order valence-electron chi connectivity index (χ4n) is 4.56. The molecule has 1 atom stereocenters. The first-order valence-corrected chi connectivity index (χ1v) is 7.10. The van der Waals surface area contributed by atoms with Crippen LogP contribution in [-0.2, 0) is 0 Å². The zero-order valence-electron chi connectivity index (χ0n) is 11.5. The number of rotatable bonds is 3. The summed E-state index contributed by atoms with van der Waals surface area (Å²) < 4.78 is 0. The molecule has 3 fully saturated rings. The highest BCUT2D eigenvalue weighted by Gasteiger charge is 2.63. The van der Waals surface area contributed by atoms with Crippen LogP contribution in [0, 0.1) is 16.7 Å². The van der Waals surface area contributed by atoms with E-state index in [0.29, 0.717) is 0 Å². The van der Waals surface area contributed by atoms with Gasteiger partial charge in [-0.05, 0) is 48.9 Å². The van der Waals surface area contributed by atoms with E-state index in [2.05, 4.69) is 27.7 Å². The van der Waals surface area contributed by atoms with E-state index in [1.165, 1.54) is 38.5 Å². The second-order valence-corrected chi connectivity index (χ2v) is 7.02. The molecule has 3 saturated carbocycles. The van der Waals surface area contributed by atoms with Gasteiger partial charge in [-0.15, -0.1) is 0 Å². The molecule has 0 aromatic rings. The lowest BCUT2D eigenvalue weighted by atomic mass is 9.42. The van der Waals surface area contributed by atoms with Crippen LogP contribution >= 0.6 is 0 Å². The Morgan fingerprint density at radius 3 is 2.12 bits per heavy atom. The SMILES string of the molecule is CCCC[C@@]1(O)C2(C)CCC(CC2)C1(C)C. The van der Waals surface area contributed by atoms with Gasteiger partial charge in [0, 0.05) is 0 Å². The average Bonchev–Trinajstić information content (AvgIpc) is 2.24. The topological polar surface area (TPSA) is 20.2 Å². The van der Waals surface area contributed by atoms with Crippen molar-refractivity contribution in [1.82, 2.24) is 0 Å². The van der Waals surface area contributed by atoms with Crippen LogP contribution in [-0.4, -0.2) is 10.7 Å². The number of fused-ring (bicyclic) bond motifs is 3. The summed E-state index contributed by atoms with van der Waals surface area (Å²) in [7, 11) is 0. The molecule has 3 rings (SSSR count). The Kier molecular flexibility index (Phi) is 2.89. The Labute approximate surface area is 101 Å². The van der Waals surface area contributed by atoms with Crippen molar-refractivity contribution in [2.45, 2.75) is 78.2 Å². The predicted molar refractivity (Wildman–Crippen MR) is 68.3 cm³/mol. The molecule has 16 heavy (non-hydrogen) atoms. The van der Waals surface area contributed by atoms with Crippen molar-refractivity contribution in [3.63, 3.8) is 0 Å². The van der Waals surface area contributed by atoms with Gasteiger partial charge in [0.2, 0.25) is 0 Å². The van der Waals surface area contributed by atoms with Gasteiger partial charge < -0.3 is 5.11 Å². The fourth-order valence-corrected chi connectivity index (χ4v) is 4.56. The molecule has 0 heterocycles. The molecule has 1 N–H and O–H groups in total. The number of hydrogen-bond acceptors (Lipinski definition) is 1. The minimum absolute atomic E-state index is 0.118. The van der Waals surface area contributed by atoms with Gasteiger partial charge in [-0.3, -0.25) is 0 Å². The van der Waals surface area contributed by atoms with Gasteiger partial charge in [-0.1, -0.05) is 40.5 Å².